The van der Waals surface area contributed by atoms with E-state index in [0.717, 1.165) is 22.4 Å². The fourth-order valence-electron chi connectivity index (χ4n) is 2.39. The van der Waals surface area contributed by atoms with Crippen molar-refractivity contribution in [2.24, 2.45) is 0 Å². The van der Waals surface area contributed by atoms with E-state index in [0.29, 0.717) is 0 Å². The molecule has 1 aromatic rings. The standard InChI is InChI=1S/C22H27N/c1-8-13-20(9-2)16-18(5)23(7)22(19(6)17(3)4)21-14-11-10-12-15-21/h8-16,22H,1-3,6H2,4-5,7H3/b18-16+,20-13-. The van der Waals surface area contributed by atoms with Gasteiger partial charge in [0.25, 0.3) is 0 Å². The lowest BCUT2D eigenvalue weighted by Gasteiger charge is -2.33. The number of rotatable bonds is 8. The first-order chi connectivity index (χ1) is 10.9. The van der Waals surface area contributed by atoms with E-state index in [4.69, 9.17) is 0 Å². The van der Waals surface area contributed by atoms with E-state index in [1.165, 1.54) is 5.56 Å². The van der Waals surface area contributed by atoms with Crippen LogP contribution in [0.25, 0.3) is 0 Å². The maximum absolute atomic E-state index is 4.25. The van der Waals surface area contributed by atoms with E-state index in [9.17, 15) is 0 Å². The van der Waals surface area contributed by atoms with E-state index < -0.39 is 0 Å². The van der Waals surface area contributed by atoms with Crippen LogP contribution in [0, 0.1) is 0 Å². The molecule has 0 aromatic heterocycles. The second kappa shape index (κ2) is 8.79. The van der Waals surface area contributed by atoms with Crippen molar-refractivity contribution in [2.45, 2.75) is 19.9 Å². The van der Waals surface area contributed by atoms with Gasteiger partial charge in [-0.15, -0.1) is 0 Å². The molecule has 0 aliphatic rings. The van der Waals surface area contributed by atoms with Crippen molar-refractivity contribution in [3.8, 4) is 0 Å². The molecule has 23 heavy (non-hydrogen) atoms. The van der Waals surface area contributed by atoms with Crippen LogP contribution < -0.4 is 0 Å². The molecule has 0 N–H and O–H groups in total. The lowest BCUT2D eigenvalue weighted by molar-refractivity contribution is 0.350. The molecule has 0 aliphatic heterocycles. The Morgan fingerprint density at radius 2 is 1.70 bits per heavy atom. The smallest absolute Gasteiger partial charge is 0.0786 e. The summed E-state index contributed by atoms with van der Waals surface area (Å²) < 4.78 is 0. The Morgan fingerprint density at radius 1 is 1.09 bits per heavy atom. The van der Waals surface area contributed by atoms with E-state index >= 15 is 0 Å². The molecule has 1 atom stereocenters. The Kier molecular flexibility index (Phi) is 7.08. The first kappa shape index (κ1) is 18.5. The van der Waals surface area contributed by atoms with Crippen molar-refractivity contribution in [3.05, 3.63) is 109 Å². The molecule has 120 valence electrons. The zero-order chi connectivity index (χ0) is 17.4. The highest BCUT2D eigenvalue weighted by molar-refractivity contribution is 5.39. The van der Waals surface area contributed by atoms with Gasteiger partial charge in [0.15, 0.2) is 0 Å². The van der Waals surface area contributed by atoms with Crippen LogP contribution in [0.4, 0.5) is 0 Å². The quantitative estimate of drug-likeness (QED) is 0.533. The maximum atomic E-state index is 4.25. The Bertz CT molecular complexity index is 644. The molecule has 1 nitrogen and oxygen atoms in total. The van der Waals surface area contributed by atoms with Gasteiger partial charge in [-0.1, -0.05) is 80.4 Å². The molecule has 1 aromatic carbocycles. The third-order valence-corrected chi connectivity index (χ3v) is 3.86. The number of hydrogen-bond acceptors (Lipinski definition) is 1. The van der Waals surface area contributed by atoms with Crippen molar-refractivity contribution in [1.29, 1.82) is 0 Å². The average Bonchev–Trinajstić information content (AvgIpc) is 2.55. The zero-order valence-corrected chi connectivity index (χ0v) is 14.5. The van der Waals surface area contributed by atoms with E-state index in [2.05, 4.69) is 63.4 Å². The van der Waals surface area contributed by atoms with Gasteiger partial charge in [0.05, 0.1) is 6.04 Å². The van der Waals surface area contributed by atoms with Crippen LogP contribution in [-0.4, -0.2) is 11.9 Å². The van der Waals surface area contributed by atoms with Crippen LogP contribution >= 0.6 is 0 Å². The predicted octanol–water partition coefficient (Wildman–Crippen LogP) is 5.99. The monoisotopic (exact) mass is 305 g/mol. The second-order valence-electron chi connectivity index (χ2n) is 5.62. The van der Waals surface area contributed by atoms with Gasteiger partial charge >= 0.3 is 0 Å². The number of benzene rings is 1. The average molecular weight is 305 g/mol. The van der Waals surface area contributed by atoms with Crippen molar-refractivity contribution in [1.82, 2.24) is 4.90 Å². The summed E-state index contributed by atoms with van der Waals surface area (Å²) in [6, 6.07) is 10.4. The van der Waals surface area contributed by atoms with Crippen molar-refractivity contribution in [3.63, 3.8) is 0 Å². The molecule has 0 spiro atoms. The van der Waals surface area contributed by atoms with Crippen molar-refractivity contribution in [2.75, 3.05) is 7.05 Å². The minimum Gasteiger partial charge on any atom is -0.367 e. The van der Waals surface area contributed by atoms with Crippen LogP contribution in [0.15, 0.2) is 103 Å². The number of allylic oxidation sites excluding steroid dienone is 6. The zero-order valence-electron chi connectivity index (χ0n) is 14.5. The highest BCUT2D eigenvalue weighted by Crippen LogP contribution is 2.32. The molecule has 0 heterocycles. The Labute approximate surface area is 141 Å². The van der Waals surface area contributed by atoms with E-state index in [1.807, 2.05) is 37.3 Å². The summed E-state index contributed by atoms with van der Waals surface area (Å²) in [7, 11) is 2.08. The number of nitrogens with zero attached hydrogens (tertiary/aromatic N) is 1. The predicted molar refractivity (Wildman–Crippen MR) is 103 cm³/mol. The van der Waals surface area contributed by atoms with Crippen LogP contribution in [-0.2, 0) is 0 Å². The van der Waals surface area contributed by atoms with Crippen molar-refractivity contribution >= 4 is 0 Å². The Morgan fingerprint density at radius 3 is 2.17 bits per heavy atom. The summed E-state index contributed by atoms with van der Waals surface area (Å²) in [6.45, 7) is 20.0. The lowest BCUT2D eigenvalue weighted by atomic mass is 9.94. The topological polar surface area (TPSA) is 3.24 Å². The van der Waals surface area contributed by atoms with Crippen LogP contribution in [0.1, 0.15) is 25.5 Å². The van der Waals surface area contributed by atoms with Gasteiger partial charge in [-0.3, -0.25) is 0 Å². The van der Waals surface area contributed by atoms with E-state index in [1.54, 1.807) is 6.08 Å². The van der Waals surface area contributed by atoms with Gasteiger partial charge in [0, 0.05) is 12.7 Å². The normalized spacial score (nSPS) is 13.2. The third kappa shape index (κ3) is 5.00. The van der Waals surface area contributed by atoms with Gasteiger partial charge in [-0.25, -0.2) is 0 Å². The SMILES string of the molecule is C=C/C=C(C=C)\C=C(/C)N(C)C(C(=C)C(=C)C)c1ccccc1. The van der Waals surface area contributed by atoms with Crippen LogP contribution in [0.3, 0.4) is 0 Å². The summed E-state index contributed by atoms with van der Waals surface area (Å²) in [5, 5.41) is 0. The summed E-state index contributed by atoms with van der Waals surface area (Å²) in [5.74, 6) is 0. The maximum Gasteiger partial charge on any atom is 0.0786 e. The molecule has 0 radical (unpaired) electrons. The molecule has 1 unspecified atom stereocenters. The van der Waals surface area contributed by atoms with Gasteiger partial charge in [-0.2, -0.15) is 0 Å². The minimum absolute atomic E-state index is 0.0553. The summed E-state index contributed by atoms with van der Waals surface area (Å²) in [4.78, 5) is 2.22. The molecule has 0 bridgehead atoms. The van der Waals surface area contributed by atoms with Gasteiger partial charge < -0.3 is 4.90 Å². The summed E-state index contributed by atoms with van der Waals surface area (Å²) in [6.07, 6.45) is 7.62. The van der Waals surface area contributed by atoms with Gasteiger partial charge in [0.2, 0.25) is 0 Å². The Balaban J connectivity index is 3.26. The summed E-state index contributed by atoms with van der Waals surface area (Å²) in [5.41, 5.74) is 5.35. The highest BCUT2D eigenvalue weighted by Gasteiger charge is 2.20. The molecule has 0 aliphatic carbocycles. The molecule has 0 saturated heterocycles. The third-order valence-electron chi connectivity index (χ3n) is 3.86. The van der Waals surface area contributed by atoms with Gasteiger partial charge in [0.1, 0.15) is 0 Å². The molecule has 1 heteroatoms. The second-order valence-corrected chi connectivity index (χ2v) is 5.62. The largest absolute Gasteiger partial charge is 0.367 e. The highest BCUT2D eigenvalue weighted by atomic mass is 15.1. The molecular formula is C22H27N. The lowest BCUT2D eigenvalue weighted by Crippen LogP contribution is -2.24. The Hall–Kier alpha value is -2.54. The minimum atomic E-state index is 0.0553. The molecule has 1 rings (SSSR count). The number of likely N-dealkylation sites (N-methyl/N-ethyl adjacent to an activating group) is 1. The first-order valence-corrected chi connectivity index (χ1v) is 7.68. The first-order valence-electron chi connectivity index (χ1n) is 7.68. The fraction of sp³-hybridized carbons (Fsp3) is 0.182. The van der Waals surface area contributed by atoms with Crippen LogP contribution in [0.2, 0.25) is 0 Å². The molecule has 0 fully saturated rings. The number of hydrogen-bond donors (Lipinski definition) is 0. The fourth-order valence-corrected chi connectivity index (χ4v) is 2.39. The molecule has 0 amide bonds. The van der Waals surface area contributed by atoms with E-state index in [-0.39, 0.29) is 6.04 Å². The molecular weight excluding hydrogens is 278 g/mol. The van der Waals surface area contributed by atoms with Gasteiger partial charge in [-0.05, 0) is 36.6 Å². The van der Waals surface area contributed by atoms with Crippen molar-refractivity contribution < 1.29 is 0 Å². The summed E-state index contributed by atoms with van der Waals surface area (Å²) >= 11 is 0. The molecule has 0 saturated carbocycles. The van der Waals surface area contributed by atoms with Crippen LogP contribution in [0.5, 0.6) is 0 Å².